The minimum absolute atomic E-state index is 0.155. The Morgan fingerprint density at radius 1 is 1.25 bits per heavy atom. The molecule has 1 aliphatic rings. The topological polar surface area (TPSA) is 69.7 Å². The third kappa shape index (κ3) is 1.76. The van der Waals surface area contributed by atoms with E-state index in [-0.39, 0.29) is 5.57 Å². The van der Waals surface area contributed by atoms with Crippen LogP contribution in [0.1, 0.15) is 6.92 Å². The van der Waals surface area contributed by atoms with Gasteiger partial charge in [-0.2, -0.15) is 0 Å². The number of carbonyl (C=O) groups is 3. The van der Waals surface area contributed by atoms with Crippen LogP contribution in [0.25, 0.3) is 0 Å². The highest BCUT2D eigenvalue weighted by Crippen LogP contribution is 2.29. The number of methoxy groups -OCH3 is 2. The van der Waals surface area contributed by atoms with Gasteiger partial charge in [-0.3, -0.25) is 9.59 Å². The van der Waals surface area contributed by atoms with Crippen molar-refractivity contribution >= 4 is 17.7 Å². The van der Waals surface area contributed by atoms with Gasteiger partial charge in [-0.1, -0.05) is 12.2 Å². The van der Waals surface area contributed by atoms with E-state index in [1.165, 1.54) is 39.4 Å². The molecule has 0 N–H and O–H groups in total. The zero-order chi connectivity index (χ0) is 12.3. The molecule has 1 rings (SSSR count). The summed E-state index contributed by atoms with van der Waals surface area (Å²) in [4.78, 5) is 34.7. The maximum absolute atomic E-state index is 11.9. The Balaban J connectivity index is 3.12. The normalized spacial score (nSPS) is 23.7. The predicted molar refractivity (Wildman–Crippen MR) is 54.4 cm³/mol. The fourth-order valence-electron chi connectivity index (χ4n) is 1.41. The van der Waals surface area contributed by atoms with Gasteiger partial charge in [-0.15, -0.1) is 0 Å². The molecule has 0 aromatic carbocycles. The summed E-state index contributed by atoms with van der Waals surface area (Å²) in [6.07, 6.45) is 4.18. The van der Waals surface area contributed by atoms with Crippen molar-refractivity contribution in [3.63, 3.8) is 0 Å². The number of ether oxygens (including phenoxy) is 2. The van der Waals surface area contributed by atoms with Gasteiger partial charge in [0.1, 0.15) is 11.0 Å². The van der Waals surface area contributed by atoms with Gasteiger partial charge in [-0.05, 0) is 13.0 Å². The van der Waals surface area contributed by atoms with Gasteiger partial charge in [0.05, 0.1) is 14.2 Å². The summed E-state index contributed by atoms with van der Waals surface area (Å²) in [6, 6.07) is 0. The van der Waals surface area contributed by atoms with Gasteiger partial charge in [0.2, 0.25) is 0 Å². The quantitative estimate of drug-likeness (QED) is 0.386. The maximum atomic E-state index is 11.9. The van der Waals surface area contributed by atoms with E-state index in [1.807, 2.05) is 0 Å². The second kappa shape index (κ2) is 4.30. The van der Waals surface area contributed by atoms with Crippen LogP contribution in [-0.2, 0) is 23.9 Å². The maximum Gasteiger partial charge on any atom is 0.341 e. The number of esters is 2. The van der Waals surface area contributed by atoms with Crippen LogP contribution in [0, 0.1) is 5.41 Å². The third-order valence-corrected chi connectivity index (χ3v) is 2.42. The van der Waals surface area contributed by atoms with Crippen molar-refractivity contribution in [3.8, 4) is 0 Å². The zero-order valence-electron chi connectivity index (χ0n) is 9.27. The zero-order valence-corrected chi connectivity index (χ0v) is 9.27. The molecule has 0 aliphatic heterocycles. The Bertz CT molecular complexity index is 405. The average molecular weight is 224 g/mol. The fourth-order valence-corrected chi connectivity index (χ4v) is 1.41. The van der Waals surface area contributed by atoms with Gasteiger partial charge in [0.25, 0.3) is 0 Å². The van der Waals surface area contributed by atoms with Crippen molar-refractivity contribution in [3.05, 3.63) is 23.8 Å². The van der Waals surface area contributed by atoms with Crippen LogP contribution in [0.5, 0.6) is 0 Å². The summed E-state index contributed by atoms with van der Waals surface area (Å²) >= 11 is 0. The second-order valence-corrected chi connectivity index (χ2v) is 3.45. The van der Waals surface area contributed by atoms with Gasteiger partial charge < -0.3 is 9.47 Å². The van der Waals surface area contributed by atoms with E-state index < -0.39 is 23.1 Å². The van der Waals surface area contributed by atoms with Crippen LogP contribution in [0.3, 0.4) is 0 Å². The Hall–Kier alpha value is -1.91. The Labute approximate surface area is 92.7 Å². The first-order chi connectivity index (χ1) is 7.47. The highest BCUT2D eigenvalue weighted by Gasteiger charge is 2.44. The molecule has 5 heteroatoms. The summed E-state index contributed by atoms with van der Waals surface area (Å²) in [5.41, 5.74) is -1.61. The molecule has 0 saturated carbocycles. The Kier molecular flexibility index (Phi) is 3.27. The van der Waals surface area contributed by atoms with Gasteiger partial charge in [-0.25, -0.2) is 4.79 Å². The first-order valence-electron chi connectivity index (χ1n) is 4.58. The Morgan fingerprint density at radius 2 is 1.88 bits per heavy atom. The van der Waals surface area contributed by atoms with Crippen molar-refractivity contribution in [2.24, 2.45) is 5.41 Å². The number of rotatable bonds is 2. The van der Waals surface area contributed by atoms with E-state index in [2.05, 4.69) is 9.47 Å². The molecule has 0 fully saturated rings. The number of hydrogen-bond donors (Lipinski definition) is 0. The molecule has 1 atom stereocenters. The summed E-state index contributed by atoms with van der Waals surface area (Å²) in [5.74, 6) is -2.08. The molecular formula is C11H12O5. The fraction of sp³-hybridized carbons (Fsp3) is 0.364. The van der Waals surface area contributed by atoms with Crippen molar-refractivity contribution in [1.29, 1.82) is 0 Å². The van der Waals surface area contributed by atoms with Gasteiger partial charge >= 0.3 is 11.9 Å². The molecule has 0 saturated heterocycles. The number of allylic oxidation sites excluding steroid dienone is 2. The monoisotopic (exact) mass is 224 g/mol. The first kappa shape index (κ1) is 12.2. The summed E-state index contributed by atoms with van der Waals surface area (Å²) in [6.45, 7) is 1.40. The summed E-state index contributed by atoms with van der Waals surface area (Å²) in [7, 11) is 2.36. The number of carbonyl (C=O) groups excluding carboxylic acids is 3. The first-order valence-corrected chi connectivity index (χ1v) is 4.58. The standard InChI is InChI=1S/C11H12O5/c1-11(10(14)16-3)6-4-5-7(8(11)12)9(13)15-2/h4-6H,1-3H3. The predicted octanol–water partition coefficient (Wildman–Crippen LogP) is 0.404. The molecule has 5 nitrogen and oxygen atoms in total. The highest BCUT2D eigenvalue weighted by atomic mass is 16.5. The molecule has 0 heterocycles. The minimum atomic E-state index is -1.45. The van der Waals surface area contributed by atoms with Crippen LogP contribution in [0.15, 0.2) is 23.8 Å². The largest absolute Gasteiger partial charge is 0.468 e. The summed E-state index contributed by atoms with van der Waals surface area (Å²) in [5, 5.41) is 0. The van der Waals surface area contributed by atoms with Crippen LogP contribution in [0.4, 0.5) is 0 Å². The number of hydrogen-bond acceptors (Lipinski definition) is 5. The lowest BCUT2D eigenvalue weighted by Gasteiger charge is -2.24. The highest BCUT2D eigenvalue weighted by molar-refractivity contribution is 6.26. The minimum Gasteiger partial charge on any atom is -0.468 e. The molecule has 1 unspecified atom stereocenters. The molecule has 0 aromatic rings. The molecule has 0 radical (unpaired) electrons. The molecule has 0 amide bonds. The molecule has 0 aromatic heterocycles. The molecular weight excluding hydrogens is 212 g/mol. The van der Waals surface area contributed by atoms with Crippen LogP contribution in [0.2, 0.25) is 0 Å². The lowest BCUT2D eigenvalue weighted by atomic mass is 9.79. The van der Waals surface area contributed by atoms with E-state index in [0.29, 0.717) is 0 Å². The SMILES string of the molecule is COC(=O)C1=CC=CC(C)(C(=O)OC)C1=O. The van der Waals surface area contributed by atoms with Gasteiger partial charge in [0.15, 0.2) is 5.78 Å². The lowest BCUT2D eigenvalue weighted by Crippen LogP contribution is -2.39. The average Bonchev–Trinajstić information content (AvgIpc) is 2.30. The molecule has 0 spiro atoms. The number of ketones is 1. The smallest absolute Gasteiger partial charge is 0.341 e. The molecule has 86 valence electrons. The van der Waals surface area contributed by atoms with E-state index in [1.54, 1.807) is 0 Å². The summed E-state index contributed by atoms with van der Waals surface area (Å²) < 4.78 is 8.99. The number of Topliss-reactive ketones (excluding diaryl/α,β-unsaturated/α-hetero) is 1. The lowest BCUT2D eigenvalue weighted by molar-refractivity contribution is -0.153. The molecule has 16 heavy (non-hydrogen) atoms. The van der Waals surface area contributed by atoms with E-state index in [0.717, 1.165) is 0 Å². The van der Waals surface area contributed by atoms with Crippen molar-refractivity contribution in [2.75, 3.05) is 14.2 Å². The molecule has 0 bridgehead atoms. The van der Waals surface area contributed by atoms with E-state index in [4.69, 9.17) is 0 Å². The van der Waals surface area contributed by atoms with Crippen molar-refractivity contribution in [1.82, 2.24) is 0 Å². The van der Waals surface area contributed by atoms with E-state index >= 15 is 0 Å². The van der Waals surface area contributed by atoms with E-state index in [9.17, 15) is 14.4 Å². The van der Waals surface area contributed by atoms with Crippen molar-refractivity contribution < 1.29 is 23.9 Å². The second-order valence-electron chi connectivity index (χ2n) is 3.45. The van der Waals surface area contributed by atoms with Crippen molar-refractivity contribution in [2.45, 2.75) is 6.92 Å². The van der Waals surface area contributed by atoms with Crippen LogP contribution >= 0.6 is 0 Å². The third-order valence-electron chi connectivity index (χ3n) is 2.42. The molecule has 1 aliphatic carbocycles. The van der Waals surface area contributed by atoms with Gasteiger partial charge in [0, 0.05) is 0 Å². The Morgan fingerprint density at radius 3 is 2.38 bits per heavy atom. The van der Waals surface area contributed by atoms with Crippen LogP contribution < -0.4 is 0 Å². The van der Waals surface area contributed by atoms with Crippen LogP contribution in [-0.4, -0.2) is 31.9 Å².